The molecule has 0 aromatic carbocycles. The van der Waals surface area contributed by atoms with E-state index in [9.17, 15) is 8.42 Å². The van der Waals surface area contributed by atoms with Gasteiger partial charge in [0, 0.05) is 6.42 Å². The molecule has 0 aliphatic rings. The van der Waals surface area contributed by atoms with Crippen molar-refractivity contribution in [3.63, 3.8) is 0 Å². The first kappa shape index (κ1) is 11.4. The molecule has 0 bridgehead atoms. The Morgan fingerprint density at radius 2 is 2.00 bits per heavy atom. The van der Waals surface area contributed by atoms with E-state index in [1.54, 1.807) is 6.92 Å². The van der Waals surface area contributed by atoms with Gasteiger partial charge in [0.05, 0.1) is 25.2 Å². The summed E-state index contributed by atoms with van der Waals surface area (Å²) in [5, 5.41) is 0. The number of allylic oxidation sites excluding steroid dienone is 1. The van der Waals surface area contributed by atoms with Crippen molar-refractivity contribution in [3.05, 3.63) is 12.3 Å². The molecule has 0 unspecified atom stereocenters. The van der Waals surface area contributed by atoms with Crippen molar-refractivity contribution in [2.45, 2.75) is 13.3 Å². The molecule has 0 spiro atoms. The van der Waals surface area contributed by atoms with E-state index in [4.69, 9.17) is 4.74 Å². The Bertz CT molecular complexity index is 230. The highest BCUT2D eigenvalue weighted by atomic mass is 32.2. The Morgan fingerprint density at radius 3 is 2.42 bits per heavy atom. The van der Waals surface area contributed by atoms with Gasteiger partial charge in [0.2, 0.25) is 0 Å². The highest BCUT2D eigenvalue weighted by molar-refractivity contribution is 7.85. The fraction of sp³-hybridized carbons (Fsp3) is 0.714. The van der Waals surface area contributed by atoms with E-state index in [1.807, 2.05) is 0 Å². The second-order valence-electron chi connectivity index (χ2n) is 2.43. The average molecular weight is 194 g/mol. The van der Waals surface area contributed by atoms with Crippen LogP contribution in [-0.4, -0.2) is 27.9 Å². The molecule has 0 aliphatic heterocycles. The van der Waals surface area contributed by atoms with Crippen LogP contribution in [-0.2, 0) is 19.0 Å². The lowest BCUT2D eigenvalue weighted by atomic mass is 10.5. The Hall–Kier alpha value is -0.550. The molecule has 0 fully saturated rings. The molecule has 0 radical (unpaired) electrons. The van der Waals surface area contributed by atoms with Crippen molar-refractivity contribution in [3.8, 4) is 0 Å². The smallest absolute Gasteiger partial charge is 0.264 e. The summed E-state index contributed by atoms with van der Waals surface area (Å²) in [5.74, 6) is 0.620. The zero-order chi connectivity index (χ0) is 9.61. The third-order valence-corrected chi connectivity index (χ3v) is 1.53. The minimum Gasteiger partial charge on any atom is -0.499 e. The molecule has 0 aromatic heterocycles. The predicted octanol–water partition coefficient (Wildman–Crippen LogP) is 0.903. The van der Waals surface area contributed by atoms with E-state index < -0.39 is 10.1 Å². The molecule has 0 aromatic rings. The Labute approximate surface area is 73.3 Å². The molecule has 0 atom stereocenters. The summed E-state index contributed by atoms with van der Waals surface area (Å²) in [6.45, 7) is 5.85. The van der Waals surface area contributed by atoms with Crippen LogP contribution in [0.4, 0.5) is 0 Å². The molecule has 4 nitrogen and oxygen atoms in total. The lowest BCUT2D eigenvalue weighted by Crippen LogP contribution is -2.06. The molecule has 12 heavy (non-hydrogen) atoms. The van der Waals surface area contributed by atoms with Crippen LogP contribution < -0.4 is 0 Å². The predicted molar refractivity (Wildman–Crippen MR) is 46.2 cm³/mol. The third kappa shape index (κ3) is 9.45. The van der Waals surface area contributed by atoms with Crippen molar-refractivity contribution in [1.82, 2.24) is 0 Å². The Morgan fingerprint density at radius 1 is 1.42 bits per heavy atom. The monoisotopic (exact) mass is 194 g/mol. The van der Waals surface area contributed by atoms with E-state index >= 15 is 0 Å². The van der Waals surface area contributed by atoms with Crippen LogP contribution in [0.1, 0.15) is 13.3 Å². The molecule has 0 saturated heterocycles. The number of ether oxygens (including phenoxy) is 1. The van der Waals surface area contributed by atoms with Crippen LogP contribution >= 0.6 is 0 Å². The van der Waals surface area contributed by atoms with Crippen molar-refractivity contribution >= 4 is 10.1 Å². The topological polar surface area (TPSA) is 52.6 Å². The lowest BCUT2D eigenvalue weighted by molar-refractivity contribution is 0.188. The van der Waals surface area contributed by atoms with Gasteiger partial charge in [-0.1, -0.05) is 6.58 Å². The summed E-state index contributed by atoms with van der Waals surface area (Å²) in [6, 6.07) is 0. The molecule has 0 amide bonds. The van der Waals surface area contributed by atoms with Crippen molar-refractivity contribution in [1.29, 1.82) is 0 Å². The molecule has 0 heterocycles. The summed E-state index contributed by atoms with van der Waals surface area (Å²) >= 11 is 0. The largest absolute Gasteiger partial charge is 0.499 e. The van der Waals surface area contributed by atoms with Gasteiger partial charge in [0.1, 0.15) is 0 Å². The fourth-order valence-corrected chi connectivity index (χ4v) is 0.936. The summed E-state index contributed by atoms with van der Waals surface area (Å²) < 4.78 is 30.4. The van der Waals surface area contributed by atoms with Gasteiger partial charge >= 0.3 is 0 Å². The Balaban J connectivity index is 3.29. The Kier molecular flexibility index (Phi) is 4.92. The maximum atomic E-state index is 10.4. The fourth-order valence-electron chi connectivity index (χ4n) is 0.516. The third-order valence-electron chi connectivity index (χ3n) is 0.935. The van der Waals surface area contributed by atoms with Crippen LogP contribution in [0.2, 0.25) is 0 Å². The quantitative estimate of drug-likeness (QED) is 0.358. The van der Waals surface area contributed by atoms with E-state index in [1.165, 1.54) is 0 Å². The summed E-state index contributed by atoms with van der Waals surface area (Å²) in [4.78, 5) is 0. The van der Waals surface area contributed by atoms with Crippen LogP contribution in [0.5, 0.6) is 0 Å². The highest BCUT2D eigenvalue weighted by Crippen LogP contribution is 1.94. The number of hydrogen-bond acceptors (Lipinski definition) is 4. The first-order chi connectivity index (χ1) is 5.42. The van der Waals surface area contributed by atoms with E-state index in [0.29, 0.717) is 18.8 Å². The maximum absolute atomic E-state index is 10.4. The van der Waals surface area contributed by atoms with Gasteiger partial charge in [-0.05, 0) is 6.92 Å². The van der Waals surface area contributed by atoms with E-state index in [-0.39, 0.29) is 6.61 Å². The highest BCUT2D eigenvalue weighted by Gasteiger charge is 1.99. The van der Waals surface area contributed by atoms with Crippen LogP contribution in [0.3, 0.4) is 0 Å². The normalized spacial score (nSPS) is 11.2. The molecule has 0 aliphatic carbocycles. The SMILES string of the molecule is C=C(C)OCCCOS(C)(=O)=O. The van der Waals surface area contributed by atoms with E-state index in [0.717, 1.165) is 6.26 Å². The standard InChI is InChI=1S/C7H14O4S/c1-7(2)10-5-4-6-11-12(3,8)9/h1,4-6H2,2-3H3. The van der Waals surface area contributed by atoms with Gasteiger partial charge in [-0.2, -0.15) is 8.42 Å². The first-order valence-electron chi connectivity index (χ1n) is 3.54. The first-order valence-corrected chi connectivity index (χ1v) is 5.36. The molecule has 0 rings (SSSR count). The molecule has 0 N–H and O–H groups in total. The van der Waals surface area contributed by atoms with Crippen LogP contribution in [0.25, 0.3) is 0 Å². The summed E-state index contributed by atoms with van der Waals surface area (Å²) in [5.41, 5.74) is 0. The van der Waals surface area contributed by atoms with Gasteiger partial charge in [-0.3, -0.25) is 4.18 Å². The number of hydrogen-bond donors (Lipinski definition) is 0. The minimum atomic E-state index is -3.30. The van der Waals surface area contributed by atoms with Gasteiger partial charge in [-0.25, -0.2) is 0 Å². The summed E-state index contributed by atoms with van der Waals surface area (Å²) in [6.07, 6.45) is 1.56. The average Bonchev–Trinajstić information content (AvgIpc) is 1.83. The van der Waals surface area contributed by atoms with E-state index in [2.05, 4.69) is 10.8 Å². The number of rotatable bonds is 6. The summed E-state index contributed by atoms with van der Waals surface area (Å²) in [7, 11) is -3.30. The molecule has 5 heteroatoms. The van der Waals surface area contributed by atoms with Crippen molar-refractivity contribution < 1.29 is 17.3 Å². The lowest BCUT2D eigenvalue weighted by Gasteiger charge is -2.03. The molecule has 72 valence electrons. The van der Waals surface area contributed by atoms with Crippen LogP contribution in [0, 0.1) is 0 Å². The zero-order valence-corrected chi connectivity index (χ0v) is 8.19. The second kappa shape index (κ2) is 5.16. The molecular formula is C7H14O4S. The maximum Gasteiger partial charge on any atom is 0.264 e. The molecule has 0 saturated carbocycles. The van der Waals surface area contributed by atoms with Gasteiger partial charge in [-0.15, -0.1) is 0 Å². The van der Waals surface area contributed by atoms with Gasteiger partial charge in [0.15, 0.2) is 0 Å². The van der Waals surface area contributed by atoms with Crippen LogP contribution in [0.15, 0.2) is 12.3 Å². The van der Waals surface area contributed by atoms with Crippen molar-refractivity contribution in [2.24, 2.45) is 0 Å². The second-order valence-corrected chi connectivity index (χ2v) is 4.07. The molecular weight excluding hydrogens is 180 g/mol. The minimum absolute atomic E-state index is 0.159. The van der Waals surface area contributed by atoms with Gasteiger partial charge < -0.3 is 4.74 Å². The van der Waals surface area contributed by atoms with Gasteiger partial charge in [0.25, 0.3) is 10.1 Å². The zero-order valence-electron chi connectivity index (χ0n) is 7.37. The van der Waals surface area contributed by atoms with Crippen molar-refractivity contribution in [2.75, 3.05) is 19.5 Å².